The zero-order chi connectivity index (χ0) is 14.2. The highest BCUT2D eigenvalue weighted by Gasteiger charge is 1.97. The fourth-order valence-electron chi connectivity index (χ4n) is 2.00. The number of methoxy groups -OCH3 is 1. The Bertz CT molecular complexity index is 575. The number of hydrogen-bond donors (Lipinski definition) is 1. The summed E-state index contributed by atoms with van der Waals surface area (Å²) in [5.74, 6) is 0.870. The Balaban J connectivity index is 2.01. The van der Waals surface area contributed by atoms with Crippen molar-refractivity contribution in [3.05, 3.63) is 65.7 Å². The largest absolute Gasteiger partial charge is 0.497 e. The first-order valence-corrected chi connectivity index (χ1v) is 6.95. The SMILES string of the molecule is CC/C=C/c1cccc(CNc2cccc(OC)c2)c1. The number of rotatable bonds is 6. The van der Waals surface area contributed by atoms with Crippen LogP contribution in [0.15, 0.2) is 54.6 Å². The van der Waals surface area contributed by atoms with E-state index in [2.05, 4.69) is 48.7 Å². The van der Waals surface area contributed by atoms with Crippen LogP contribution in [-0.2, 0) is 6.54 Å². The van der Waals surface area contributed by atoms with Gasteiger partial charge in [-0.15, -0.1) is 0 Å². The minimum absolute atomic E-state index is 0.807. The lowest BCUT2D eigenvalue weighted by Gasteiger charge is -2.08. The van der Waals surface area contributed by atoms with Gasteiger partial charge in [0.25, 0.3) is 0 Å². The quantitative estimate of drug-likeness (QED) is 0.817. The molecule has 0 fully saturated rings. The molecule has 0 aliphatic carbocycles. The van der Waals surface area contributed by atoms with Gasteiger partial charge in [-0.2, -0.15) is 0 Å². The van der Waals surface area contributed by atoms with Gasteiger partial charge in [0.15, 0.2) is 0 Å². The van der Waals surface area contributed by atoms with Crippen molar-refractivity contribution in [2.45, 2.75) is 19.9 Å². The Morgan fingerprint density at radius 1 is 1.10 bits per heavy atom. The van der Waals surface area contributed by atoms with Gasteiger partial charge >= 0.3 is 0 Å². The second kappa shape index (κ2) is 7.39. The minimum atomic E-state index is 0.807. The predicted octanol–water partition coefficient (Wildman–Crippen LogP) is 4.73. The van der Waals surface area contributed by atoms with Crippen molar-refractivity contribution >= 4 is 11.8 Å². The molecule has 0 radical (unpaired) electrons. The molecule has 0 spiro atoms. The van der Waals surface area contributed by atoms with Crippen LogP contribution in [0.1, 0.15) is 24.5 Å². The number of benzene rings is 2. The second-order valence-corrected chi connectivity index (χ2v) is 4.64. The Morgan fingerprint density at radius 2 is 1.95 bits per heavy atom. The molecule has 2 aromatic rings. The third-order valence-corrected chi connectivity index (χ3v) is 3.06. The average molecular weight is 267 g/mol. The summed E-state index contributed by atoms with van der Waals surface area (Å²) in [5, 5.41) is 3.41. The molecule has 2 heteroatoms. The van der Waals surface area contributed by atoms with Crippen molar-refractivity contribution in [3.8, 4) is 5.75 Å². The van der Waals surface area contributed by atoms with E-state index in [0.717, 1.165) is 24.4 Å². The highest BCUT2D eigenvalue weighted by molar-refractivity contribution is 5.52. The van der Waals surface area contributed by atoms with Crippen molar-refractivity contribution in [3.63, 3.8) is 0 Å². The number of nitrogens with one attached hydrogen (secondary N) is 1. The van der Waals surface area contributed by atoms with Gasteiger partial charge in [0, 0.05) is 18.3 Å². The van der Waals surface area contributed by atoms with Gasteiger partial charge in [-0.25, -0.2) is 0 Å². The molecule has 20 heavy (non-hydrogen) atoms. The first-order valence-electron chi connectivity index (χ1n) is 6.95. The molecule has 0 heterocycles. The summed E-state index contributed by atoms with van der Waals surface area (Å²) in [6.45, 7) is 2.95. The summed E-state index contributed by atoms with van der Waals surface area (Å²) in [7, 11) is 1.68. The Kier molecular flexibility index (Phi) is 5.24. The fraction of sp³-hybridized carbons (Fsp3) is 0.222. The summed E-state index contributed by atoms with van der Waals surface area (Å²) in [4.78, 5) is 0. The summed E-state index contributed by atoms with van der Waals surface area (Å²) in [6.07, 6.45) is 5.40. The molecule has 2 nitrogen and oxygen atoms in total. The molecule has 2 rings (SSSR count). The van der Waals surface area contributed by atoms with Gasteiger partial charge in [0.2, 0.25) is 0 Å². The first-order chi connectivity index (χ1) is 9.81. The highest BCUT2D eigenvalue weighted by atomic mass is 16.5. The summed E-state index contributed by atoms with van der Waals surface area (Å²) in [5.41, 5.74) is 3.58. The summed E-state index contributed by atoms with van der Waals surface area (Å²) in [6, 6.07) is 16.5. The van der Waals surface area contributed by atoms with Crippen LogP contribution in [0.5, 0.6) is 5.75 Å². The van der Waals surface area contributed by atoms with E-state index in [-0.39, 0.29) is 0 Å². The normalized spacial score (nSPS) is 10.7. The maximum absolute atomic E-state index is 5.22. The maximum atomic E-state index is 5.22. The van der Waals surface area contributed by atoms with Gasteiger partial charge in [-0.1, -0.05) is 43.3 Å². The van der Waals surface area contributed by atoms with Crippen molar-refractivity contribution in [2.24, 2.45) is 0 Å². The molecule has 0 aliphatic rings. The van der Waals surface area contributed by atoms with Gasteiger partial charge in [-0.3, -0.25) is 0 Å². The number of hydrogen-bond acceptors (Lipinski definition) is 2. The lowest BCUT2D eigenvalue weighted by atomic mass is 10.1. The molecule has 0 amide bonds. The smallest absolute Gasteiger partial charge is 0.120 e. The van der Waals surface area contributed by atoms with E-state index in [1.54, 1.807) is 7.11 Å². The summed E-state index contributed by atoms with van der Waals surface area (Å²) >= 11 is 0. The van der Waals surface area contributed by atoms with Crippen LogP contribution < -0.4 is 10.1 Å². The van der Waals surface area contributed by atoms with Gasteiger partial charge in [0.05, 0.1) is 7.11 Å². The van der Waals surface area contributed by atoms with Crippen LogP contribution in [0.4, 0.5) is 5.69 Å². The second-order valence-electron chi connectivity index (χ2n) is 4.64. The van der Waals surface area contributed by atoms with Crippen molar-refractivity contribution in [2.75, 3.05) is 12.4 Å². The van der Waals surface area contributed by atoms with Crippen molar-refractivity contribution in [1.29, 1.82) is 0 Å². The molecule has 0 saturated carbocycles. The van der Waals surface area contributed by atoms with Crippen LogP contribution in [0.25, 0.3) is 6.08 Å². The molecular formula is C18H21NO. The van der Waals surface area contributed by atoms with Crippen LogP contribution in [0.2, 0.25) is 0 Å². The van der Waals surface area contributed by atoms with Crippen LogP contribution >= 0.6 is 0 Å². The molecule has 0 aliphatic heterocycles. The van der Waals surface area contributed by atoms with E-state index in [1.165, 1.54) is 11.1 Å². The Morgan fingerprint density at radius 3 is 2.75 bits per heavy atom. The van der Waals surface area contributed by atoms with E-state index in [1.807, 2.05) is 24.3 Å². The third-order valence-electron chi connectivity index (χ3n) is 3.06. The van der Waals surface area contributed by atoms with Gasteiger partial charge in [0.1, 0.15) is 5.75 Å². The highest BCUT2D eigenvalue weighted by Crippen LogP contribution is 2.17. The zero-order valence-electron chi connectivity index (χ0n) is 12.1. The average Bonchev–Trinajstić information content (AvgIpc) is 2.51. The first kappa shape index (κ1) is 14.2. The van der Waals surface area contributed by atoms with Crippen LogP contribution in [0, 0.1) is 0 Å². The molecule has 0 saturated heterocycles. The molecule has 104 valence electrons. The maximum Gasteiger partial charge on any atom is 0.120 e. The topological polar surface area (TPSA) is 21.3 Å². The summed E-state index contributed by atoms with van der Waals surface area (Å²) < 4.78 is 5.22. The monoisotopic (exact) mass is 267 g/mol. The third kappa shape index (κ3) is 4.16. The molecule has 2 aromatic carbocycles. The van der Waals surface area contributed by atoms with Gasteiger partial charge < -0.3 is 10.1 Å². The number of ether oxygens (including phenoxy) is 1. The fourth-order valence-corrected chi connectivity index (χ4v) is 2.00. The molecule has 0 atom stereocenters. The number of anilines is 1. The van der Waals surface area contributed by atoms with Crippen molar-refractivity contribution < 1.29 is 4.74 Å². The Hall–Kier alpha value is -2.22. The molecule has 0 bridgehead atoms. The van der Waals surface area contributed by atoms with Gasteiger partial charge in [-0.05, 0) is 35.7 Å². The lowest BCUT2D eigenvalue weighted by Crippen LogP contribution is -1.99. The Labute approximate surface area is 121 Å². The van der Waals surface area contributed by atoms with E-state index in [0.29, 0.717) is 0 Å². The molecule has 0 unspecified atom stereocenters. The lowest BCUT2D eigenvalue weighted by molar-refractivity contribution is 0.415. The molecular weight excluding hydrogens is 246 g/mol. The van der Waals surface area contributed by atoms with Crippen molar-refractivity contribution in [1.82, 2.24) is 0 Å². The van der Waals surface area contributed by atoms with E-state index in [4.69, 9.17) is 4.74 Å². The number of allylic oxidation sites excluding steroid dienone is 1. The predicted molar refractivity (Wildman–Crippen MR) is 86.1 cm³/mol. The van der Waals surface area contributed by atoms with E-state index < -0.39 is 0 Å². The minimum Gasteiger partial charge on any atom is -0.497 e. The standard InChI is InChI=1S/C18H21NO/c1-3-4-7-15-8-5-9-16(12-15)14-19-17-10-6-11-18(13-17)20-2/h4-13,19H,3,14H2,1-2H3/b7-4+. The van der Waals surface area contributed by atoms with E-state index >= 15 is 0 Å². The zero-order valence-corrected chi connectivity index (χ0v) is 12.1. The molecule has 0 aromatic heterocycles. The van der Waals surface area contributed by atoms with Crippen LogP contribution in [0.3, 0.4) is 0 Å². The van der Waals surface area contributed by atoms with Crippen LogP contribution in [-0.4, -0.2) is 7.11 Å². The van der Waals surface area contributed by atoms with E-state index in [9.17, 15) is 0 Å². The molecule has 1 N–H and O–H groups in total.